The largest absolute Gasteiger partial charge is 0.356 e. The van der Waals surface area contributed by atoms with Crippen LogP contribution in [-0.4, -0.2) is 32.1 Å². The predicted molar refractivity (Wildman–Crippen MR) is 168 cm³/mol. The standard InChI is InChI=1S/C32H35FN6O5/c1-4-5-13-25(40)34-17-16-26(41)35-20-9-8-10-22(18-20)38-28-19(2)30(42)37(3)29(36-24-12-7-6-11-23(24)33)27(28)31(43)39(32(38)44)21-14-15-21/h6-12,18,21,36H,4-5,13-17H2,1-3H3,(H,34,40)(H,35,41). The van der Waals surface area contributed by atoms with Crippen LogP contribution in [0, 0.1) is 12.7 Å². The van der Waals surface area contributed by atoms with Crippen molar-refractivity contribution in [1.29, 1.82) is 0 Å². The Bertz CT molecular complexity index is 1940. The van der Waals surface area contributed by atoms with Crippen molar-refractivity contribution in [3.8, 4) is 5.69 Å². The van der Waals surface area contributed by atoms with Crippen molar-refractivity contribution in [1.82, 2.24) is 19.0 Å². The average molecular weight is 603 g/mol. The monoisotopic (exact) mass is 602 g/mol. The van der Waals surface area contributed by atoms with Gasteiger partial charge in [0.05, 0.1) is 16.9 Å². The van der Waals surface area contributed by atoms with E-state index in [0.29, 0.717) is 30.6 Å². The van der Waals surface area contributed by atoms with E-state index in [9.17, 15) is 28.4 Å². The molecule has 11 nitrogen and oxygen atoms in total. The SMILES string of the molecule is CCCCC(=O)NCCC(=O)Nc1cccc(-n2c(=O)n(C3CC3)c(=O)c3c(Nc4ccccc4F)n(C)c(=O)c(C)c32)c1. The Morgan fingerprint density at radius 2 is 1.73 bits per heavy atom. The molecule has 0 radical (unpaired) electrons. The second-order valence-corrected chi connectivity index (χ2v) is 11.0. The van der Waals surface area contributed by atoms with E-state index >= 15 is 0 Å². The summed E-state index contributed by atoms with van der Waals surface area (Å²) in [6, 6.07) is 12.1. The Hall–Kier alpha value is -5.00. The van der Waals surface area contributed by atoms with Crippen LogP contribution in [0.15, 0.2) is 62.9 Å². The summed E-state index contributed by atoms with van der Waals surface area (Å²) in [6.07, 6.45) is 3.43. The van der Waals surface area contributed by atoms with Crippen LogP contribution in [0.5, 0.6) is 0 Å². The molecule has 0 saturated heterocycles. The Balaban J connectivity index is 1.60. The van der Waals surface area contributed by atoms with E-state index in [1.807, 2.05) is 6.92 Å². The molecule has 0 aliphatic heterocycles. The van der Waals surface area contributed by atoms with Crippen molar-refractivity contribution >= 4 is 39.9 Å². The maximum atomic E-state index is 14.7. The molecule has 3 N–H and O–H groups in total. The van der Waals surface area contributed by atoms with Crippen molar-refractivity contribution in [2.75, 3.05) is 17.2 Å². The number of fused-ring (bicyclic) bond motifs is 1. The number of rotatable bonds is 11. The summed E-state index contributed by atoms with van der Waals surface area (Å²) in [7, 11) is 1.48. The number of carbonyl (C=O) groups excluding carboxylic acids is 2. The van der Waals surface area contributed by atoms with Gasteiger partial charge in [-0.3, -0.25) is 32.9 Å². The predicted octanol–water partition coefficient (Wildman–Crippen LogP) is 4.01. The number of carbonyl (C=O) groups is 2. The van der Waals surface area contributed by atoms with Gasteiger partial charge in [0.1, 0.15) is 17.0 Å². The number of amides is 2. The van der Waals surface area contributed by atoms with Crippen LogP contribution < -0.4 is 32.8 Å². The molecule has 1 saturated carbocycles. The van der Waals surface area contributed by atoms with E-state index in [1.54, 1.807) is 30.3 Å². The van der Waals surface area contributed by atoms with Gasteiger partial charge in [-0.2, -0.15) is 0 Å². The number of halogens is 1. The van der Waals surface area contributed by atoms with Gasteiger partial charge in [-0.25, -0.2) is 9.18 Å². The van der Waals surface area contributed by atoms with Crippen LogP contribution in [0.4, 0.5) is 21.6 Å². The maximum absolute atomic E-state index is 14.7. The molecule has 230 valence electrons. The molecule has 2 amide bonds. The molecule has 0 bridgehead atoms. The van der Waals surface area contributed by atoms with Crippen LogP contribution in [0.3, 0.4) is 0 Å². The van der Waals surface area contributed by atoms with E-state index in [0.717, 1.165) is 12.8 Å². The first-order valence-electron chi connectivity index (χ1n) is 14.7. The molecule has 1 aliphatic carbocycles. The van der Waals surface area contributed by atoms with E-state index < -0.39 is 22.6 Å². The fourth-order valence-corrected chi connectivity index (χ4v) is 5.23. The van der Waals surface area contributed by atoms with E-state index in [4.69, 9.17) is 0 Å². The van der Waals surface area contributed by atoms with Crippen molar-refractivity contribution < 1.29 is 14.0 Å². The lowest BCUT2D eigenvalue weighted by molar-refractivity contribution is -0.121. The van der Waals surface area contributed by atoms with Gasteiger partial charge in [0.2, 0.25) is 11.8 Å². The molecular formula is C32H35FN6O5. The Morgan fingerprint density at radius 3 is 2.43 bits per heavy atom. The summed E-state index contributed by atoms with van der Waals surface area (Å²) in [5, 5.41) is 8.51. The summed E-state index contributed by atoms with van der Waals surface area (Å²) >= 11 is 0. The number of pyridine rings is 1. The zero-order valence-electron chi connectivity index (χ0n) is 24.9. The zero-order valence-corrected chi connectivity index (χ0v) is 24.9. The molecule has 44 heavy (non-hydrogen) atoms. The van der Waals surface area contributed by atoms with Crippen molar-refractivity contribution in [2.45, 2.75) is 58.4 Å². The molecule has 0 unspecified atom stereocenters. The Morgan fingerprint density at radius 1 is 0.977 bits per heavy atom. The molecule has 5 rings (SSSR count). The number of aryl methyl sites for hydroxylation is 1. The van der Waals surface area contributed by atoms with Crippen molar-refractivity contribution in [3.05, 3.63) is 91.1 Å². The van der Waals surface area contributed by atoms with E-state index in [1.165, 1.54) is 45.9 Å². The number of hydrogen-bond donors (Lipinski definition) is 3. The molecule has 2 aromatic carbocycles. The van der Waals surface area contributed by atoms with Crippen LogP contribution in [-0.2, 0) is 16.6 Å². The van der Waals surface area contributed by atoms with Gasteiger partial charge in [-0.1, -0.05) is 31.5 Å². The smallest absolute Gasteiger partial charge is 0.336 e. The minimum Gasteiger partial charge on any atom is -0.356 e. The fourth-order valence-electron chi connectivity index (χ4n) is 5.23. The second kappa shape index (κ2) is 12.7. The highest BCUT2D eigenvalue weighted by atomic mass is 19.1. The lowest BCUT2D eigenvalue weighted by atomic mass is 10.1. The molecule has 1 fully saturated rings. The van der Waals surface area contributed by atoms with Gasteiger partial charge in [-0.15, -0.1) is 0 Å². The van der Waals surface area contributed by atoms with Gasteiger partial charge < -0.3 is 16.0 Å². The summed E-state index contributed by atoms with van der Waals surface area (Å²) in [5.74, 6) is -0.962. The third-order valence-corrected chi connectivity index (χ3v) is 7.70. The van der Waals surface area contributed by atoms with Gasteiger partial charge >= 0.3 is 5.69 Å². The number of para-hydroxylation sites is 1. The third kappa shape index (κ3) is 6.05. The molecule has 0 spiro atoms. The van der Waals surface area contributed by atoms with Crippen LogP contribution in [0.25, 0.3) is 16.6 Å². The second-order valence-electron chi connectivity index (χ2n) is 11.0. The molecule has 1 aliphatic rings. The lowest BCUT2D eigenvalue weighted by Crippen LogP contribution is -2.41. The molecule has 2 aromatic heterocycles. The van der Waals surface area contributed by atoms with E-state index in [-0.39, 0.29) is 58.8 Å². The maximum Gasteiger partial charge on any atom is 0.336 e. The fraction of sp³-hybridized carbons (Fsp3) is 0.344. The summed E-state index contributed by atoms with van der Waals surface area (Å²) in [5.41, 5.74) is -0.631. The number of benzene rings is 2. The Kier molecular flexibility index (Phi) is 8.79. The highest BCUT2D eigenvalue weighted by molar-refractivity contribution is 5.94. The minimum atomic E-state index is -0.614. The minimum absolute atomic E-state index is 0.0533. The third-order valence-electron chi connectivity index (χ3n) is 7.70. The number of anilines is 3. The molecule has 4 aromatic rings. The number of nitrogens with one attached hydrogen (secondary N) is 3. The average Bonchev–Trinajstić information content (AvgIpc) is 3.83. The van der Waals surface area contributed by atoms with Gasteiger partial charge in [0, 0.05) is 43.7 Å². The summed E-state index contributed by atoms with van der Waals surface area (Å²) < 4.78 is 18.4. The molecule has 2 heterocycles. The van der Waals surface area contributed by atoms with Crippen molar-refractivity contribution in [2.24, 2.45) is 7.05 Å². The highest BCUT2D eigenvalue weighted by Crippen LogP contribution is 2.34. The summed E-state index contributed by atoms with van der Waals surface area (Å²) in [6.45, 7) is 3.72. The Labute approximate surface area is 252 Å². The first-order valence-corrected chi connectivity index (χ1v) is 14.7. The summed E-state index contributed by atoms with van der Waals surface area (Å²) in [4.78, 5) is 65.9. The number of hydrogen-bond acceptors (Lipinski definition) is 6. The van der Waals surface area contributed by atoms with Crippen LogP contribution >= 0.6 is 0 Å². The molecule has 0 atom stereocenters. The zero-order chi connectivity index (χ0) is 31.5. The first-order chi connectivity index (χ1) is 21.1. The van der Waals surface area contributed by atoms with Crippen molar-refractivity contribution in [3.63, 3.8) is 0 Å². The topological polar surface area (TPSA) is 136 Å². The van der Waals surface area contributed by atoms with Gasteiger partial charge in [0.25, 0.3) is 11.1 Å². The van der Waals surface area contributed by atoms with Crippen LogP contribution in [0.1, 0.15) is 57.1 Å². The molecular weight excluding hydrogens is 567 g/mol. The normalized spacial score (nSPS) is 12.7. The number of aromatic nitrogens is 3. The first kappa shape index (κ1) is 30.5. The molecule has 12 heteroatoms. The van der Waals surface area contributed by atoms with E-state index in [2.05, 4.69) is 16.0 Å². The quantitative estimate of drug-likeness (QED) is 0.237. The highest BCUT2D eigenvalue weighted by Gasteiger charge is 2.31. The van der Waals surface area contributed by atoms with Gasteiger partial charge in [0.15, 0.2) is 0 Å². The number of nitrogens with zero attached hydrogens (tertiary/aromatic N) is 3. The number of unbranched alkanes of at least 4 members (excludes halogenated alkanes) is 1. The van der Waals surface area contributed by atoms with Crippen LogP contribution in [0.2, 0.25) is 0 Å². The lowest BCUT2D eigenvalue weighted by Gasteiger charge is -2.21. The van der Waals surface area contributed by atoms with Gasteiger partial charge in [-0.05, 0) is 56.5 Å².